The van der Waals surface area contributed by atoms with Crippen LogP contribution < -0.4 is 0 Å². The van der Waals surface area contributed by atoms with Crippen molar-refractivity contribution in [3.05, 3.63) is 48.0 Å². The van der Waals surface area contributed by atoms with Gasteiger partial charge in [0.25, 0.3) is 0 Å². The van der Waals surface area contributed by atoms with E-state index in [-0.39, 0.29) is 12.6 Å². The second-order valence-electron chi connectivity index (χ2n) is 5.78. The summed E-state index contributed by atoms with van der Waals surface area (Å²) < 4.78 is 0. The minimum Gasteiger partial charge on any atom is -0.396 e. The van der Waals surface area contributed by atoms with E-state index in [1.807, 2.05) is 25.2 Å². The lowest BCUT2D eigenvalue weighted by Gasteiger charge is -2.52. The highest BCUT2D eigenvalue weighted by Crippen LogP contribution is 2.39. The summed E-state index contributed by atoms with van der Waals surface area (Å²) >= 11 is 0. The molecule has 1 saturated heterocycles. The lowest BCUT2D eigenvalue weighted by Crippen LogP contribution is -2.58. The van der Waals surface area contributed by atoms with E-state index in [0.717, 1.165) is 17.8 Å². The molecule has 1 aromatic rings. The Balaban J connectivity index is 1.98. The van der Waals surface area contributed by atoms with Gasteiger partial charge in [-0.2, -0.15) is 0 Å². The minimum absolute atomic E-state index is 0.251. The molecule has 3 nitrogen and oxygen atoms in total. The number of hydrogen-bond donors (Lipinski definition) is 1. The van der Waals surface area contributed by atoms with Crippen molar-refractivity contribution >= 4 is 5.84 Å². The molecule has 1 aliphatic carbocycles. The van der Waals surface area contributed by atoms with Gasteiger partial charge in [-0.25, -0.2) is 0 Å². The molecule has 20 heavy (non-hydrogen) atoms. The normalized spacial score (nSPS) is 32.8. The molecule has 2 bridgehead atoms. The van der Waals surface area contributed by atoms with Gasteiger partial charge in [0.15, 0.2) is 0 Å². The number of aliphatic hydroxyl groups excluding tert-OH is 1. The first-order chi connectivity index (χ1) is 9.76. The van der Waals surface area contributed by atoms with E-state index in [4.69, 9.17) is 0 Å². The minimum atomic E-state index is 0.251. The van der Waals surface area contributed by atoms with Gasteiger partial charge in [-0.1, -0.05) is 42.5 Å². The maximum atomic E-state index is 9.64. The first-order valence-corrected chi connectivity index (χ1v) is 7.36. The number of aliphatic hydroxyl groups is 1. The third kappa shape index (κ3) is 2.06. The molecule has 106 valence electrons. The molecule has 0 saturated carbocycles. The van der Waals surface area contributed by atoms with E-state index >= 15 is 0 Å². The van der Waals surface area contributed by atoms with Gasteiger partial charge in [-0.15, -0.1) is 0 Å². The number of fused-ring (bicyclic) bond motifs is 2. The molecular formula is C17H22N2O. The number of rotatable bonds is 2. The van der Waals surface area contributed by atoms with Gasteiger partial charge >= 0.3 is 0 Å². The van der Waals surface area contributed by atoms with Crippen molar-refractivity contribution in [1.29, 1.82) is 0 Å². The average Bonchev–Trinajstić information content (AvgIpc) is 2.51. The summed E-state index contributed by atoms with van der Waals surface area (Å²) in [5.41, 5.74) is 1.15. The van der Waals surface area contributed by atoms with Gasteiger partial charge in [0, 0.05) is 31.2 Å². The molecule has 4 atom stereocenters. The smallest absolute Gasteiger partial charge is 0.131 e. The monoisotopic (exact) mass is 270 g/mol. The summed E-state index contributed by atoms with van der Waals surface area (Å²) in [7, 11) is 1.86. The van der Waals surface area contributed by atoms with Crippen LogP contribution in [0.15, 0.2) is 47.5 Å². The van der Waals surface area contributed by atoms with Crippen LogP contribution >= 0.6 is 0 Å². The number of hydrogen-bond acceptors (Lipinski definition) is 2. The fourth-order valence-corrected chi connectivity index (χ4v) is 3.63. The van der Waals surface area contributed by atoms with Gasteiger partial charge in [0.05, 0.1) is 6.04 Å². The SMILES string of the molecule is CN=C(c1ccccc1)N1[C@H](C)[C@@H]2C=C[C@H]1[C@@H](CO)C2. The van der Waals surface area contributed by atoms with Crippen molar-refractivity contribution in [1.82, 2.24) is 4.90 Å². The fraction of sp³-hybridized carbons (Fsp3) is 0.471. The predicted molar refractivity (Wildman–Crippen MR) is 81.8 cm³/mol. The number of piperidine rings is 1. The van der Waals surface area contributed by atoms with E-state index in [2.05, 4.69) is 41.1 Å². The Labute approximate surface area is 120 Å². The third-order valence-corrected chi connectivity index (χ3v) is 4.72. The molecule has 0 unspecified atom stereocenters. The Kier molecular flexibility index (Phi) is 3.62. The second kappa shape index (κ2) is 5.41. The van der Waals surface area contributed by atoms with Crippen LogP contribution in [0.1, 0.15) is 18.9 Å². The van der Waals surface area contributed by atoms with Crippen LogP contribution in [0.25, 0.3) is 0 Å². The van der Waals surface area contributed by atoms with Crippen molar-refractivity contribution < 1.29 is 5.11 Å². The Morgan fingerprint density at radius 1 is 1.30 bits per heavy atom. The lowest BCUT2D eigenvalue weighted by atomic mass is 9.73. The summed E-state index contributed by atoms with van der Waals surface area (Å²) in [4.78, 5) is 6.94. The van der Waals surface area contributed by atoms with E-state index in [1.165, 1.54) is 0 Å². The zero-order valence-corrected chi connectivity index (χ0v) is 12.1. The average molecular weight is 270 g/mol. The molecule has 0 amide bonds. The maximum absolute atomic E-state index is 9.64. The first kappa shape index (κ1) is 13.4. The number of benzene rings is 1. The zero-order chi connectivity index (χ0) is 14.1. The highest BCUT2D eigenvalue weighted by Gasteiger charge is 2.43. The van der Waals surface area contributed by atoms with Crippen molar-refractivity contribution in [3.8, 4) is 0 Å². The topological polar surface area (TPSA) is 35.8 Å². The molecular weight excluding hydrogens is 248 g/mol. The predicted octanol–water partition coefficient (Wildman–Crippen LogP) is 2.32. The van der Waals surface area contributed by atoms with Crippen LogP contribution in [0.3, 0.4) is 0 Å². The Bertz CT molecular complexity index is 523. The highest BCUT2D eigenvalue weighted by molar-refractivity contribution is 5.99. The van der Waals surface area contributed by atoms with E-state index < -0.39 is 0 Å². The Hall–Kier alpha value is -1.61. The molecule has 2 heterocycles. The molecule has 0 spiro atoms. The molecule has 1 fully saturated rings. The molecule has 1 aromatic carbocycles. The van der Waals surface area contributed by atoms with Gasteiger partial charge in [-0.05, 0) is 19.3 Å². The summed E-state index contributed by atoms with van der Waals surface area (Å²) in [6.45, 7) is 2.52. The number of aliphatic imine (C=N–C) groups is 1. The van der Waals surface area contributed by atoms with Crippen molar-refractivity contribution in [2.75, 3.05) is 13.7 Å². The Morgan fingerprint density at radius 2 is 2.05 bits per heavy atom. The van der Waals surface area contributed by atoms with Crippen LogP contribution in [-0.2, 0) is 0 Å². The van der Waals surface area contributed by atoms with Gasteiger partial charge in [0.2, 0.25) is 0 Å². The van der Waals surface area contributed by atoms with Crippen LogP contribution in [0.4, 0.5) is 0 Å². The third-order valence-electron chi connectivity index (χ3n) is 4.72. The van der Waals surface area contributed by atoms with E-state index in [1.54, 1.807) is 0 Å². The van der Waals surface area contributed by atoms with Crippen molar-refractivity contribution in [2.24, 2.45) is 16.8 Å². The van der Waals surface area contributed by atoms with Gasteiger partial charge in [0.1, 0.15) is 5.84 Å². The Morgan fingerprint density at radius 3 is 2.70 bits per heavy atom. The molecule has 3 aliphatic rings. The van der Waals surface area contributed by atoms with E-state index in [0.29, 0.717) is 17.9 Å². The summed E-state index contributed by atoms with van der Waals surface area (Å²) in [6, 6.07) is 11.0. The van der Waals surface area contributed by atoms with Crippen molar-refractivity contribution in [2.45, 2.75) is 25.4 Å². The number of amidine groups is 1. The molecule has 3 heteroatoms. The lowest BCUT2D eigenvalue weighted by molar-refractivity contribution is 0.0578. The summed E-state index contributed by atoms with van der Waals surface area (Å²) in [5.74, 6) is 1.87. The van der Waals surface area contributed by atoms with Crippen LogP contribution in [0.5, 0.6) is 0 Å². The summed E-state index contributed by atoms with van der Waals surface area (Å²) in [5, 5.41) is 9.64. The second-order valence-corrected chi connectivity index (χ2v) is 5.78. The first-order valence-electron chi connectivity index (χ1n) is 7.36. The summed E-state index contributed by atoms with van der Waals surface area (Å²) in [6.07, 6.45) is 5.65. The highest BCUT2D eigenvalue weighted by atomic mass is 16.3. The van der Waals surface area contributed by atoms with E-state index in [9.17, 15) is 5.11 Å². The molecule has 0 radical (unpaired) electrons. The fourth-order valence-electron chi connectivity index (χ4n) is 3.63. The van der Waals surface area contributed by atoms with Gasteiger partial charge < -0.3 is 10.0 Å². The van der Waals surface area contributed by atoms with Gasteiger partial charge in [-0.3, -0.25) is 4.99 Å². The van der Waals surface area contributed by atoms with Crippen LogP contribution in [0.2, 0.25) is 0 Å². The van der Waals surface area contributed by atoms with Crippen LogP contribution in [-0.4, -0.2) is 41.6 Å². The molecule has 1 N–H and O–H groups in total. The zero-order valence-electron chi connectivity index (χ0n) is 12.1. The standard InChI is InChI=1S/C17H22N2O/c1-12-14-8-9-16(15(10-14)11-20)19(12)17(18-2)13-6-4-3-5-7-13/h3-9,12,14-16,20H,10-11H2,1-2H3/t12-,14-,15-,16+/m1/s1. The molecule has 2 aliphatic heterocycles. The quantitative estimate of drug-likeness (QED) is 0.508. The molecule has 0 aromatic heterocycles. The van der Waals surface area contributed by atoms with Crippen molar-refractivity contribution in [3.63, 3.8) is 0 Å². The maximum Gasteiger partial charge on any atom is 0.131 e. The molecule has 4 rings (SSSR count). The number of nitrogens with zero attached hydrogens (tertiary/aromatic N) is 2. The van der Waals surface area contributed by atoms with Crippen LogP contribution in [0, 0.1) is 11.8 Å². The largest absolute Gasteiger partial charge is 0.396 e.